The SMILES string of the molecule is CSc1nc2nc(C)c(CCC(=O)NNC(=O)CCN3C[C@@H](C)O[C@H](C)C3)c(C)n2n1. The molecule has 3 heterocycles. The van der Waals surface area contributed by atoms with Crippen molar-refractivity contribution in [3.05, 3.63) is 17.0 Å². The molecule has 11 heteroatoms. The highest BCUT2D eigenvalue weighted by Crippen LogP contribution is 2.18. The van der Waals surface area contributed by atoms with Crippen molar-refractivity contribution >= 4 is 29.4 Å². The number of hydrogen-bond acceptors (Lipinski definition) is 8. The number of aromatic nitrogens is 4. The quantitative estimate of drug-likeness (QED) is 0.476. The number of aryl methyl sites for hydroxylation is 2. The van der Waals surface area contributed by atoms with Crippen molar-refractivity contribution in [3.8, 4) is 0 Å². The van der Waals surface area contributed by atoms with Gasteiger partial charge in [0.15, 0.2) is 0 Å². The summed E-state index contributed by atoms with van der Waals surface area (Å²) < 4.78 is 7.41. The van der Waals surface area contributed by atoms with Crippen molar-refractivity contribution in [2.75, 3.05) is 25.9 Å². The van der Waals surface area contributed by atoms with Crippen LogP contribution in [0.15, 0.2) is 5.16 Å². The Morgan fingerprint density at radius 2 is 1.74 bits per heavy atom. The zero-order valence-electron chi connectivity index (χ0n) is 18.8. The molecule has 0 aliphatic carbocycles. The van der Waals surface area contributed by atoms with Crippen LogP contribution in [0.4, 0.5) is 0 Å². The van der Waals surface area contributed by atoms with Crippen LogP contribution in [0.3, 0.4) is 0 Å². The predicted octanol–water partition coefficient (Wildman–Crippen LogP) is 1.04. The number of hydrogen-bond donors (Lipinski definition) is 2. The molecule has 31 heavy (non-hydrogen) atoms. The second-order valence-electron chi connectivity index (χ2n) is 7.93. The summed E-state index contributed by atoms with van der Waals surface area (Å²) in [4.78, 5) is 35.4. The summed E-state index contributed by atoms with van der Waals surface area (Å²) in [5.41, 5.74) is 7.72. The molecule has 0 radical (unpaired) electrons. The van der Waals surface area contributed by atoms with Crippen LogP contribution in [-0.4, -0.2) is 74.4 Å². The molecule has 2 amide bonds. The second kappa shape index (κ2) is 10.4. The summed E-state index contributed by atoms with van der Waals surface area (Å²) in [6.07, 6.45) is 3.30. The van der Waals surface area contributed by atoms with Crippen LogP contribution in [0.5, 0.6) is 0 Å². The third-order valence-corrected chi connectivity index (χ3v) is 5.84. The van der Waals surface area contributed by atoms with Crippen LogP contribution in [0.1, 0.15) is 43.6 Å². The van der Waals surface area contributed by atoms with Crippen molar-refractivity contribution in [3.63, 3.8) is 0 Å². The molecule has 2 aromatic rings. The van der Waals surface area contributed by atoms with E-state index in [9.17, 15) is 9.59 Å². The van der Waals surface area contributed by atoms with E-state index >= 15 is 0 Å². The van der Waals surface area contributed by atoms with E-state index in [0.29, 0.717) is 30.3 Å². The van der Waals surface area contributed by atoms with Crippen molar-refractivity contribution in [2.24, 2.45) is 0 Å². The lowest BCUT2D eigenvalue weighted by Gasteiger charge is -2.35. The Morgan fingerprint density at radius 3 is 2.39 bits per heavy atom. The molecule has 2 atom stereocenters. The average Bonchev–Trinajstić information content (AvgIpc) is 3.13. The van der Waals surface area contributed by atoms with Gasteiger partial charge in [-0.3, -0.25) is 25.3 Å². The predicted molar refractivity (Wildman–Crippen MR) is 118 cm³/mol. The largest absolute Gasteiger partial charge is 0.373 e. The van der Waals surface area contributed by atoms with Gasteiger partial charge in [-0.25, -0.2) is 9.50 Å². The normalized spacial score (nSPS) is 19.5. The van der Waals surface area contributed by atoms with E-state index in [1.54, 1.807) is 4.52 Å². The third kappa shape index (κ3) is 6.14. The van der Waals surface area contributed by atoms with Crippen LogP contribution >= 0.6 is 11.8 Å². The molecule has 1 aliphatic heterocycles. The van der Waals surface area contributed by atoms with Gasteiger partial charge in [0.25, 0.3) is 5.78 Å². The van der Waals surface area contributed by atoms with Gasteiger partial charge in [-0.1, -0.05) is 11.8 Å². The summed E-state index contributed by atoms with van der Waals surface area (Å²) in [7, 11) is 0. The monoisotopic (exact) mass is 449 g/mol. The molecule has 0 unspecified atom stereocenters. The number of carbonyl (C=O) groups excluding carboxylic acids is 2. The summed E-state index contributed by atoms with van der Waals surface area (Å²) in [5, 5.41) is 5.08. The van der Waals surface area contributed by atoms with Crippen molar-refractivity contribution in [1.29, 1.82) is 0 Å². The molecule has 1 fully saturated rings. The number of ether oxygens (including phenoxy) is 1. The molecule has 0 spiro atoms. The molecular formula is C20H31N7O3S. The molecule has 3 rings (SSSR count). The highest BCUT2D eigenvalue weighted by Gasteiger charge is 2.22. The second-order valence-corrected chi connectivity index (χ2v) is 8.71. The number of amides is 2. The topological polar surface area (TPSA) is 114 Å². The van der Waals surface area contributed by atoms with E-state index in [2.05, 4.69) is 30.8 Å². The van der Waals surface area contributed by atoms with Crippen LogP contribution in [0, 0.1) is 13.8 Å². The number of rotatable bonds is 7. The summed E-state index contributed by atoms with van der Waals surface area (Å²) in [5.74, 6) is 0.107. The van der Waals surface area contributed by atoms with Crippen molar-refractivity contribution in [1.82, 2.24) is 35.3 Å². The third-order valence-electron chi connectivity index (χ3n) is 5.31. The molecule has 170 valence electrons. The number of hydrazine groups is 1. The van der Waals surface area contributed by atoms with Gasteiger partial charge in [-0.2, -0.15) is 4.98 Å². The fraction of sp³-hybridized carbons (Fsp3) is 0.650. The minimum absolute atomic E-state index is 0.164. The number of fused-ring (bicyclic) bond motifs is 1. The molecule has 0 bridgehead atoms. The van der Waals surface area contributed by atoms with Crippen LogP contribution < -0.4 is 10.9 Å². The Bertz CT molecular complexity index is 938. The minimum Gasteiger partial charge on any atom is -0.373 e. The molecule has 0 aromatic carbocycles. The summed E-state index contributed by atoms with van der Waals surface area (Å²) in [6.45, 7) is 10.2. The van der Waals surface area contributed by atoms with Crippen LogP contribution in [0.2, 0.25) is 0 Å². The first-order valence-electron chi connectivity index (χ1n) is 10.5. The summed E-state index contributed by atoms with van der Waals surface area (Å²) in [6, 6.07) is 0. The van der Waals surface area contributed by atoms with Gasteiger partial charge in [-0.15, -0.1) is 5.10 Å². The number of thioether (sulfide) groups is 1. The van der Waals surface area contributed by atoms with E-state index < -0.39 is 0 Å². The van der Waals surface area contributed by atoms with E-state index in [1.165, 1.54) is 11.8 Å². The van der Waals surface area contributed by atoms with Gasteiger partial charge in [0.2, 0.25) is 17.0 Å². The zero-order valence-corrected chi connectivity index (χ0v) is 19.6. The lowest BCUT2D eigenvalue weighted by molar-refractivity contribution is -0.129. The molecule has 2 aromatic heterocycles. The van der Waals surface area contributed by atoms with E-state index in [0.717, 1.165) is 30.0 Å². The van der Waals surface area contributed by atoms with E-state index in [-0.39, 0.29) is 30.4 Å². The van der Waals surface area contributed by atoms with E-state index in [1.807, 2.05) is 34.0 Å². The molecule has 1 saturated heterocycles. The van der Waals surface area contributed by atoms with Crippen LogP contribution in [0.25, 0.3) is 5.78 Å². The maximum absolute atomic E-state index is 12.2. The zero-order chi connectivity index (χ0) is 22.5. The highest BCUT2D eigenvalue weighted by atomic mass is 32.2. The Hall–Kier alpha value is -2.24. The minimum atomic E-state index is -0.246. The van der Waals surface area contributed by atoms with Gasteiger partial charge in [0.1, 0.15) is 0 Å². The lowest BCUT2D eigenvalue weighted by atomic mass is 10.1. The van der Waals surface area contributed by atoms with Gasteiger partial charge >= 0.3 is 0 Å². The van der Waals surface area contributed by atoms with Gasteiger partial charge in [0.05, 0.1) is 12.2 Å². The highest BCUT2D eigenvalue weighted by molar-refractivity contribution is 7.98. The Morgan fingerprint density at radius 1 is 1.10 bits per heavy atom. The maximum Gasteiger partial charge on any atom is 0.253 e. The fourth-order valence-electron chi connectivity index (χ4n) is 3.87. The van der Waals surface area contributed by atoms with Gasteiger partial charge in [0, 0.05) is 43.9 Å². The first-order valence-corrected chi connectivity index (χ1v) is 11.7. The van der Waals surface area contributed by atoms with Crippen molar-refractivity contribution < 1.29 is 14.3 Å². The Labute approximate surface area is 186 Å². The summed E-state index contributed by atoms with van der Waals surface area (Å²) >= 11 is 1.46. The molecular weight excluding hydrogens is 418 g/mol. The first kappa shape index (κ1) is 23.4. The van der Waals surface area contributed by atoms with Crippen LogP contribution in [-0.2, 0) is 20.7 Å². The van der Waals surface area contributed by atoms with Crippen molar-refractivity contribution in [2.45, 2.75) is 64.3 Å². The molecule has 2 N–H and O–H groups in total. The lowest BCUT2D eigenvalue weighted by Crippen LogP contribution is -2.47. The van der Waals surface area contributed by atoms with Gasteiger partial charge in [-0.05, 0) is 45.9 Å². The molecule has 1 aliphatic rings. The van der Waals surface area contributed by atoms with E-state index in [4.69, 9.17) is 4.74 Å². The smallest absolute Gasteiger partial charge is 0.253 e. The average molecular weight is 450 g/mol. The number of nitrogens with zero attached hydrogens (tertiary/aromatic N) is 5. The fourth-order valence-corrected chi connectivity index (χ4v) is 4.20. The Kier molecular flexibility index (Phi) is 7.84. The number of morpholine rings is 1. The maximum atomic E-state index is 12.2. The first-order chi connectivity index (χ1) is 14.8. The molecule has 10 nitrogen and oxygen atoms in total. The molecule has 0 saturated carbocycles. The number of carbonyl (C=O) groups is 2. The Balaban J connectivity index is 1.45. The standard InChI is InChI=1S/C20H31N7O3S/c1-12-10-26(11-13(2)30-12)9-8-18(29)24-23-17(28)7-6-16-14(3)21-19-22-20(31-5)25-27(19)15(16)4/h12-13H,6-11H2,1-5H3,(H,23,28)(H,24,29)/t12-,13-/m1/s1. The number of nitrogens with one attached hydrogen (secondary N) is 2. The van der Waals surface area contributed by atoms with Gasteiger partial charge < -0.3 is 4.74 Å².